The SMILES string of the molecule is Cc1nc2ccccn2c1-c1ccc(NC(=O)C(C)N(CC(C)(C)C)C(=O)O)nc1C#C[Si](C(C)C)(C(C)C)C(C)C. The lowest BCUT2D eigenvalue weighted by atomic mass is 9.95. The lowest BCUT2D eigenvalue weighted by Gasteiger charge is -2.38. The molecule has 42 heavy (non-hydrogen) atoms. The molecule has 1 unspecified atom stereocenters. The van der Waals surface area contributed by atoms with Crippen LogP contribution in [0.15, 0.2) is 36.5 Å². The monoisotopic (exact) mass is 589 g/mol. The number of aromatic nitrogens is 3. The fourth-order valence-electron chi connectivity index (χ4n) is 6.11. The van der Waals surface area contributed by atoms with Crippen molar-refractivity contribution in [3.05, 3.63) is 47.9 Å². The van der Waals surface area contributed by atoms with E-state index in [0.717, 1.165) is 22.6 Å². The Morgan fingerprint density at radius 2 is 1.62 bits per heavy atom. The zero-order valence-corrected chi connectivity index (χ0v) is 28.0. The summed E-state index contributed by atoms with van der Waals surface area (Å²) < 4.78 is 2.03. The van der Waals surface area contributed by atoms with Crippen LogP contribution in [0.2, 0.25) is 16.6 Å². The van der Waals surface area contributed by atoms with Gasteiger partial charge in [-0.1, -0.05) is 74.3 Å². The number of hydrogen-bond donors (Lipinski definition) is 2. The fourth-order valence-corrected chi connectivity index (χ4v) is 11.3. The molecule has 0 saturated carbocycles. The summed E-state index contributed by atoms with van der Waals surface area (Å²) in [5, 5.41) is 12.7. The van der Waals surface area contributed by atoms with Gasteiger partial charge in [0.2, 0.25) is 5.91 Å². The number of carbonyl (C=O) groups excluding carboxylic acids is 1. The van der Waals surface area contributed by atoms with Crippen molar-refractivity contribution in [1.29, 1.82) is 0 Å². The Morgan fingerprint density at radius 1 is 1.00 bits per heavy atom. The Morgan fingerprint density at radius 3 is 2.17 bits per heavy atom. The highest BCUT2D eigenvalue weighted by Crippen LogP contribution is 2.41. The Bertz CT molecular complexity index is 1490. The third-order valence-corrected chi connectivity index (χ3v) is 14.4. The second kappa shape index (κ2) is 12.7. The molecule has 3 aromatic rings. The number of carbonyl (C=O) groups is 2. The maximum atomic E-state index is 13.3. The van der Waals surface area contributed by atoms with Gasteiger partial charge in [0.1, 0.15) is 31.3 Å². The van der Waals surface area contributed by atoms with E-state index in [1.807, 2.05) is 62.6 Å². The molecule has 0 saturated heterocycles. The average molecular weight is 590 g/mol. The fraction of sp³-hybridized carbons (Fsp3) is 0.515. The maximum absolute atomic E-state index is 13.3. The van der Waals surface area contributed by atoms with Gasteiger partial charge >= 0.3 is 6.09 Å². The molecule has 0 radical (unpaired) electrons. The molecule has 0 aliphatic heterocycles. The molecule has 3 heterocycles. The number of pyridine rings is 2. The molecule has 9 heteroatoms. The molecule has 1 atom stereocenters. The molecule has 0 spiro atoms. The highest BCUT2D eigenvalue weighted by molar-refractivity contribution is 6.90. The lowest BCUT2D eigenvalue weighted by molar-refractivity contribution is -0.120. The number of rotatable bonds is 8. The summed E-state index contributed by atoms with van der Waals surface area (Å²) in [6, 6.07) is 8.66. The van der Waals surface area contributed by atoms with Crippen molar-refractivity contribution in [3.63, 3.8) is 0 Å². The Balaban J connectivity index is 2.16. The van der Waals surface area contributed by atoms with Crippen LogP contribution < -0.4 is 5.32 Å². The lowest BCUT2D eigenvalue weighted by Crippen LogP contribution is -2.48. The zero-order valence-electron chi connectivity index (χ0n) is 27.0. The summed E-state index contributed by atoms with van der Waals surface area (Å²) in [5.74, 6) is 3.39. The van der Waals surface area contributed by atoms with Crippen LogP contribution in [0, 0.1) is 23.8 Å². The zero-order chi connectivity index (χ0) is 31.6. The van der Waals surface area contributed by atoms with Crippen LogP contribution in [0.25, 0.3) is 16.9 Å². The van der Waals surface area contributed by atoms with Gasteiger partial charge < -0.3 is 10.4 Å². The highest BCUT2D eigenvalue weighted by atomic mass is 28.3. The number of hydrogen-bond acceptors (Lipinski definition) is 4. The average Bonchev–Trinajstić information content (AvgIpc) is 3.21. The molecular weight excluding hydrogens is 542 g/mol. The van der Waals surface area contributed by atoms with Crippen LogP contribution in [0.3, 0.4) is 0 Å². The number of anilines is 1. The molecule has 0 aromatic carbocycles. The van der Waals surface area contributed by atoms with E-state index < -0.39 is 26.1 Å². The van der Waals surface area contributed by atoms with Crippen molar-refractivity contribution in [3.8, 4) is 22.7 Å². The van der Waals surface area contributed by atoms with Crippen molar-refractivity contribution in [2.45, 2.75) is 98.8 Å². The van der Waals surface area contributed by atoms with Gasteiger partial charge in [0.25, 0.3) is 0 Å². The number of imidazole rings is 1. The van der Waals surface area contributed by atoms with E-state index in [1.165, 1.54) is 4.90 Å². The normalized spacial score (nSPS) is 12.9. The van der Waals surface area contributed by atoms with Crippen LogP contribution >= 0.6 is 0 Å². The predicted molar refractivity (Wildman–Crippen MR) is 173 cm³/mol. The topological polar surface area (TPSA) is 99.8 Å². The third kappa shape index (κ3) is 6.87. The van der Waals surface area contributed by atoms with Crippen LogP contribution in [0.1, 0.15) is 80.6 Å². The predicted octanol–water partition coefficient (Wildman–Crippen LogP) is 7.63. The molecule has 3 rings (SSSR count). The molecule has 0 aliphatic carbocycles. The number of fused-ring (bicyclic) bond motifs is 1. The van der Waals surface area contributed by atoms with Crippen LogP contribution in [0.5, 0.6) is 0 Å². The summed E-state index contributed by atoms with van der Waals surface area (Å²) in [6.45, 7) is 23.2. The first-order valence-electron chi connectivity index (χ1n) is 14.8. The second-order valence-corrected chi connectivity index (χ2v) is 18.9. The molecule has 0 aliphatic rings. The Hall–Kier alpha value is -3.64. The number of carboxylic acid groups (broad SMARTS) is 1. The van der Waals surface area contributed by atoms with Gasteiger partial charge in [-0.25, -0.2) is 14.8 Å². The van der Waals surface area contributed by atoms with E-state index in [1.54, 1.807) is 13.0 Å². The minimum atomic E-state index is -2.09. The van der Waals surface area contributed by atoms with Crippen molar-refractivity contribution < 1.29 is 14.7 Å². The smallest absolute Gasteiger partial charge is 0.407 e. The summed E-state index contributed by atoms with van der Waals surface area (Å²) in [7, 11) is -2.09. The molecule has 2 amide bonds. The Labute approximate surface area is 252 Å². The summed E-state index contributed by atoms with van der Waals surface area (Å²) in [4.78, 5) is 36.1. The molecule has 0 fully saturated rings. The largest absolute Gasteiger partial charge is 0.465 e. The van der Waals surface area contributed by atoms with Crippen molar-refractivity contribution in [2.75, 3.05) is 11.9 Å². The van der Waals surface area contributed by atoms with Gasteiger partial charge in [-0.2, -0.15) is 0 Å². The van der Waals surface area contributed by atoms with Gasteiger partial charge in [0.15, 0.2) is 0 Å². The van der Waals surface area contributed by atoms with Gasteiger partial charge in [0, 0.05) is 18.3 Å². The number of aryl methyl sites for hydroxylation is 1. The minimum absolute atomic E-state index is 0.222. The van der Waals surface area contributed by atoms with Crippen molar-refractivity contribution in [2.24, 2.45) is 5.41 Å². The first-order chi connectivity index (χ1) is 19.5. The molecule has 8 nitrogen and oxygen atoms in total. The van der Waals surface area contributed by atoms with Gasteiger partial charge in [0.05, 0.1) is 11.4 Å². The summed E-state index contributed by atoms with van der Waals surface area (Å²) in [5.41, 5.74) is 8.80. The number of nitrogens with zero attached hydrogens (tertiary/aromatic N) is 4. The van der Waals surface area contributed by atoms with Gasteiger partial charge in [-0.3, -0.25) is 14.1 Å². The number of nitrogens with one attached hydrogen (secondary N) is 1. The summed E-state index contributed by atoms with van der Waals surface area (Å²) in [6.07, 6.45) is 0.840. The molecule has 226 valence electrons. The standard InChI is InChI=1S/C33H47N5O3Si/c1-21(2)42(22(3)4,23(5)6)19-17-27-26(30-24(7)34-29-14-12-13-18-37(29)30)15-16-28(35-27)36-31(39)25(8)38(32(40)41)20-33(9,10)11/h12-16,18,21-23,25H,20H2,1-11H3,(H,40,41)(H,35,36,39). The first-order valence-corrected chi connectivity index (χ1v) is 17.0. The van der Waals surface area contributed by atoms with E-state index in [2.05, 4.69) is 58.3 Å². The van der Waals surface area contributed by atoms with Crippen LogP contribution in [0.4, 0.5) is 10.6 Å². The van der Waals surface area contributed by atoms with E-state index >= 15 is 0 Å². The van der Waals surface area contributed by atoms with E-state index in [0.29, 0.717) is 28.1 Å². The number of amides is 2. The summed E-state index contributed by atoms with van der Waals surface area (Å²) >= 11 is 0. The Kier molecular flexibility index (Phi) is 9.94. The molecule has 3 aromatic heterocycles. The van der Waals surface area contributed by atoms with E-state index in [4.69, 9.17) is 9.97 Å². The first kappa shape index (κ1) is 32.9. The van der Waals surface area contributed by atoms with Crippen LogP contribution in [-0.2, 0) is 4.79 Å². The van der Waals surface area contributed by atoms with Gasteiger partial charge in [-0.05, 0) is 60.2 Å². The van der Waals surface area contributed by atoms with Crippen LogP contribution in [-0.4, -0.2) is 57.0 Å². The third-order valence-electron chi connectivity index (χ3n) is 8.11. The highest BCUT2D eigenvalue weighted by Gasteiger charge is 2.42. The maximum Gasteiger partial charge on any atom is 0.407 e. The molecule has 0 bridgehead atoms. The van der Waals surface area contributed by atoms with E-state index in [-0.39, 0.29) is 12.0 Å². The van der Waals surface area contributed by atoms with Crippen molar-refractivity contribution in [1.82, 2.24) is 19.3 Å². The minimum Gasteiger partial charge on any atom is -0.465 e. The molecule has 2 N–H and O–H groups in total. The molecular formula is C33H47N5O3Si. The van der Waals surface area contributed by atoms with Crippen molar-refractivity contribution >= 4 is 31.5 Å². The quantitative estimate of drug-likeness (QED) is 0.208. The van der Waals surface area contributed by atoms with E-state index in [9.17, 15) is 14.7 Å². The van der Waals surface area contributed by atoms with Gasteiger partial charge in [-0.15, -0.1) is 5.54 Å². The second-order valence-electron chi connectivity index (χ2n) is 13.4.